The summed E-state index contributed by atoms with van der Waals surface area (Å²) < 4.78 is 5.39. The minimum atomic E-state index is -0.210. The van der Waals surface area contributed by atoms with Gasteiger partial charge in [0, 0.05) is 20.7 Å². The van der Waals surface area contributed by atoms with Crippen LogP contribution in [0.5, 0.6) is 0 Å². The molecule has 0 unspecified atom stereocenters. The van der Waals surface area contributed by atoms with Gasteiger partial charge in [-0.3, -0.25) is 4.79 Å². The van der Waals surface area contributed by atoms with E-state index in [0.717, 1.165) is 19.3 Å². The lowest BCUT2D eigenvalue weighted by Crippen LogP contribution is -2.44. The summed E-state index contributed by atoms with van der Waals surface area (Å²) >= 11 is 0. The lowest BCUT2D eigenvalue weighted by molar-refractivity contribution is -0.142. The van der Waals surface area contributed by atoms with Gasteiger partial charge in [-0.25, -0.2) is 0 Å². The lowest BCUT2D eigenvalue weighted by Gasteiger charge is -2.40. The molecular weight excluding hydrogens is 192 g/mol. The third-order valence-corrected chi connectivity index (χ3v) is 3.16. The van der Waals surface area contributed by atoms with Crippen LogP contribution in [0.3, 0.4) is 0 Å². The van der Waals surface area contributed by atoms with Gasteiger partial charge in [-0.2, -0.15) is 5.26 Å². The molecule has 1 saturated carbocycles. The highest BCUT2D eigenvalue weighted by Gasteiger charge is 2.39. The van der Waals surface area contributed by atoms with Crippen molar-refractivity contribution in [2.75, 3.05) is 20.7 Å². The van der Waals surface area contributed by atoms with E-state index in [1.54, 1.807) is 19.1 Å². The first kappa shape index (κ1) is 12.0. The van der Waals surface area contributed by atoms with E-state index in [2.05, 4.69) is 0 Å². The summed E-state index contributed by atoms with van der Waals surface area (Å²) in [6, 6.07) is 2.03. The number of ether oxygens (including phenoxy) is 1. The highest BCUT2D eigenvalue weighted by molar-refractivity contribution is 5.77. The van der Waals surface area contributed by atoms with Crippen molar-refractivity contribution in [1.82, 2.24) is 4.90 Å². The fraction of sp³-hybridized carbons (Fsp3) is 0.818. The third kappa shape index (κ3) is 2.93. The SMILES string of the molecule is COC1(CC(=O)N(C)CCC#N)CCC1. The van der Waals surface area contributed by atoms with Gasteiger partial charge >= 0.3 is 0 Å². The number of amides is 1. The summed E-state index contributed by atoms with van der Waals surface area (Å²) in [7, 11) is 3.41. The van der Waals surface area contributed by atoms with Crippen LogP contribution >= 0.6 is 0 Å². The molecule has 0 atom stereocenters. The number of nitrogens with zero attached hydrogens (tertiary/aromatic N) is 2. The van der Waals surface area contributed by atoms with Crippen molar-refractivity contribution < 1.29 is 9.53 Å². The molecule has 1 rings (SSSR count). The molecule has 0 aliphatic heterocycles. The van der Waals surface area contributed by atoms with E-state index in [-0.39, 0.29) is 11.5 Å². The molecule has 1 fully saturated rings. The molecule has 4 nitrogen and oxygen atoms in total. The second-order valence-electron chi connectivity index (χ2n) is 4.14. The lowest BCUT2D eigenvalue weighted by atomic mass is 9.77. The molecule has 1 aliphatic rings. The van der Waals surface area contributed by atoms with Gasteiger partial charge < -0.3 is 9.64 Å². The Kier molecular flexibility index (Phi) is 4.10. The molecule has 0 aromatic rings. The van der Waals surface area contributed by atoms with E-state index in [1.807, 2.05) is 6.07 Å². The van der Waals surface area contributed by atoms with Crippen molar-refractivity contribution in [3.63, 3.8) is 0 Å². The van der Waals surface area contributed by atoms with Crippen LogP contribution in [-0.2, 0) is 9.53 Å². The fourth-order valence-electron chi connectivity index (χ4n) is 1.78. The molecule has 0 bridgehead atoms. The normalized spacial score (nSPS) is 17.7. The zero-order valence-corrected chi connectivity index (χ0v) is 9.45. The van der Waals surface area contributed by atoms with Crippen LogP contribution in [0.25, 0.3) is 0 Å². The molecule has 0 heterocycles. The zero-order chi connectivity index (χ0) is 11.3. The Bertz CT molecular complexity index is 261. The Balaban J connectivity index is 2.37. The second kappa shape index (κ2) is 5.13. The summed E-state index contributed by atoms with van der Waals surface area (Å²) in [5.74, 6) is 0.0757. The maximum atomic E-state index is 11.8. The number of rotatable bonds is 5. The van der Waals surface area contributed by atoms with Crippen molar-refractivity contribution in [3.8, 4) is 6.07 Å². The minimum absolute atomic E-state index is 0.0757. The van der Waals surface area contributed by atoms with Gasteiger partial charge in [0.25, 0.3) is 0 Å². The Morgan fingerprint density at radius 1 is 1.60 bits per heavy atom. The summed E-state index contributed by atoms with van der Waals surface area (Å²) in [6.45, 7) is 0.509. The number of carbonyl (C=O) groups excluding carboxylic acids is 1. The molecule has 1 amide bonds. The van der Waals surface area contributed by atoms with Crippen molar-refractivity contribution in [2.45, 2.75) is 37.7 Å². The molecule has 0 aromatic carbocycles. The predicted octanol–water partition coefficient (Wildman–Crippen LogP) is 1.32. The molecule has 1 aliphatic carbocycles. The van der Waals surface area contributed by atoms with Crippen molar-refractivity contribution in [2.24, 2.45) is 0 Å². The van der Waals surface area contributed by atoms with E-state index in [9.17, 15) is 4.79 Å². The molecule has 84 valence electrons. The number of methoxy groups -OCH3 is 1. The third-order valence-electron chi connectivity index (χ3n) is 3.16. The molecular formula is C11H18N2O2. The minimum Gasteiger partial charge on any atom is -0.378 e. The number of hydrogen-bond acceptors (Lipinski definition) is 3. The first-order valence-corrected chi connectivity index (χ1v) is 5.29. The highest BCUT2D eigenvalue weighted by atomic mass is 16.5. The van der Waals surface area contributed by atoms with E-state index >= 15 is 0 Å². The van der Waals surface area contributed by atoms with Gasteiger partial charge in [-0.15, -0.1) is 0 Å². The van der Waals surface area contributed by atoms with E-state index in [4.69, 9.17) is 10.00 Å². The standard InChI is InChI=1S/C11H18N2O2/c1-13(8-4-7-12)10(14)9-11(15-2)5-3-6-11/h3-6,8-9H2,1-2H3. The average molecular weight is 210 g/mol. The van der Waals surface area contributed by atoms with Gasteiger partial charge in [0.2, 0.25) is 5.91 Å². The largest absolute Gasteiger partial charge is 0.378 e. The average Bonchev–Trinajstić information content (AvgIpc) is 2.19. The zero-order valence-electron chi connectivity index (χ0n) is 9.45. The molecule has 0 spiro atoms. The van der Waals surface area contributed by atoms with Crippen molar-refractivity contribution in [1.29, 1.82) is 5.26 Å². The molecule has 15 heavy (non-hydrogen) atoms. The van der Waals surface area contributed by atoms with Crippen LogP contribution < -0.4 is 0 Å². The first-order chi connectivity index (χ1) is 7.13. The monoisotopic (exact) mass is 210 g/mol. The topological polar surface area (TPSA) is 53.3 Å². The number of hydrogen-bond donors (Lipinski definition) is 0. The molecule has 0 radical (unpaired) electrons. The maximum absolute atomic E-state index is 11.8. The van der Waals surface area contributed by atoms with Crippen LogP contribution in [0.15, 0.2) is 0 Å². The first-order valence-electron chi connectivity index (χ1n) is 5.29. The van der Waals surface area contributed by atoms with E-state index < -0.39 is 0 Å². The number of carbonyl (C=O) groups is 1. The van der Waals surface area contributed by atoms with Gasteiger partial charge in [0.1, 0.15) is 0 Å². The van der Waals surface area contributed by atoms with Crippen LogP contribution in [0.2, 0.25) is 0 Å². The molecule has 0 saturated heterocycles. The Morgan fingerprint density at radius 3 is 2.67 bits per heavy atom. The Hall–Kier alpha value is -1.08. The highest BCUT2D eigenvalue weighted by Crippen LogP contribution is 2.38. The quantitative estimate of drug-likeness (QED) is 0.687. The van der Waals surface area contributed by atoms with Crippen LogP contribution in [0, 0.1) is 11.3 Å². The smallest absolute Gasteiger partial charge is 0.225 e. The molecule has 0 N–H and O–H groups in total. The predicted molar refractivity (Wildman–Crippen MR) is 56.1 cm³/mol. The second-order valence-corrected chi connectivity index (χ2v) is 4.14. The van der Waals surface area contributed by atoms with Crippen molar-refractivity contribution in [3.05, 3.63) is 0 Å². The van der Waals surface area contributed by atoms with Gasteiger partial charge in [0.15, 0.2) is 0 Å². The number of nitriles is 1. The fourth-order valence-corrected chi connectivity index (χ4v) is 1.78. The molecule has 4 heteroatoms. The van der Waals surface area contributed by atoms with Crippen LogP contribution in [0.4, 0.5) is 0 Å². The van der Waals surface area contributed by atoms with Gasteiger partial charge in [0.05, 0.1) is 24.5 Å². The van der Waals surface area contributed by atoms with Crippen molar-refractivity contribution >= 4 is 5.91 Å². The summed E-state index contributed by atoms with van der Waals surface area (Å²) in [5.41, 5.74) is -0.210. The van der Waals surface area contributed by atoms with Crippen LogP contribution in [-0.4, -0.2) is 37.1 Å². The summed E-state index contributed by atoms with van der Waals surface area (Å²) in [4.78, 5) is 13.4. The Morgan fingerprint density at radius 2 is 2.27 bits per heavy atom. The van der Waals surface area contributed by atoms with Gasteiger partial charge in [-0.1, -0.05) is 0 Å². The summed E-state index contributed by atoms with van der Waals surface area (Å²) in [5, 5.41) is 8.42. The summed E-state index contributed by atoms with van der Waals surface area (Å²) in [6.07, 6.45) is 3.93. The Labute approximate surface area is 90.8 Å². The van der Waals surface area contributed by atoms with E-state index in [1.165, 1.54) is 0 Å². The maximum Gasteiger partial charge on any atom is 0.225 e. The van der Waals surface area contributed by atoms with E-state index in [0.29, 0.717) is 19.4 Å². The van der Waals surface area contributed by atoms with Gasteiger partial charge in [-0.05, 0) is 19.3 Å². The van der Waals surface area contributed by atoms with Crippen LogP contribution in [0.1, 0.15) is 32.1 Å². The molecule has 0 aromatic heterocycles.